The van der Waals surface area contributed by atoms with Gasteiger partial charge in [-0.1, -0.05) is 0 Å². The molecule has 0 fully saturated rings. The second-order valence-electron chi connectivity index (χ2n) is 13.9. The number of hydrogen-bond donors (Lipinski definition) is 0. The average molecular weight is 580 g/mol. The normalized spacial score (nSPS) is 14.5. The van der Waals surface area contributed by atoms with Gasteiger partial charge in [-0.15, -0.1) is 0 Å². The van der Waals surface area contributed by atoms with Crippen LogP contribution >= 0.6 is 14.3 Å². The van der Waals surface area contributed by atoms with E-state index in [0.29, 0.717) is 11.3 Å². The summed E-state index contributed by atoms with van der Waals surface area (Å²) in [6, 6.07) is 29.3. The SMILES string of the molecule is B[PH](c1cc(C)cc(C)c1)(c1cc(C)cc(C)c1)[C@@H](C)C[C@H](C)[PH](B)(c1cc(C)cc(C)c1)c1cc(C)cc(C)c1. The third-order valence-electron chi connectivity index (χ3n) is 9.96. The number of rotatable bonds is 8. The van der Waals surface area contributed by atoms with Crippen LogP contribution in [0.4, 0.5) is 0 Å². The van der Waals surface area contributed by atoms with E-state index in [0.717, 1.165) is 0 Å². The van der Waals surface area contributed by atoms with Gasteiger partial charge in [0.1, 0.15) is 0 Å². The van der Waals surface area contributed by atoms with Gasteiger partial charge in [0.05, 0.1) is 0 Å². The number of benzene rings is 4. The first-order valence-electron chi connectivity index (χ1n) is 15.5. The summed E-state index contributed by atoms with van der Waals surface area (Å²) in [5, 5.41) is 6.34. The van der Waals surface area contributed by atoms with Gasteiger partial charge in [-0.3, -0.25) is 0 Å². The van der Waals surface area contributed by atoms with E-state index in [1.54, 1.807) is 21.2 Å². The molecule has 0 aliphatic heterocycles. The fraction of sp³-hybridized carbons (Fsp3) is 0.351. The summed E-state index contributed by atoms with van der Waals surface area (Å²) in [6.07, 6.45) is 1.23. The monoisotopic (exact) mass is 580 g/mol. The van der Waals surface area contributed by atoms with Crippen LogP contribution in [-0.4, -0.2) is 26.4 Å². The molecular formula is C37H52B2P2. The molecule has 0 N–H and O–H groups in total. The summed E-state index contributed by atoms with van der Waals surface area (Å²) in [4.78, 5) is 0. The molecule has 0 radical (unpaired) electrons. The van der Waals surface area contributed by atoms with Crippen molar-refractivity contribution in [2.24, 2.45) is 0 Å². The van der Waals surface area contributed by atoms with Gasteiger partial charge in [-0.25, -0.2) is 0 Å². The molecular weight excluding hydrogens is 528 g/mol. The Morgan fingerprint density at radius 3 is 0.732 bits per heavy atom. The molecule has 4 aromatic carbocycles. The van der Waals surface area contributed by atoms with Gasteiger partial charge in [-0.2, -0.15) is 0 Å². The van der Waals surface area contributed by atoms with Gasteiger partial charge in [0.2, 0.25) is 0 Å². The van der Waals surface area contributed by atoms with Crippen molar-refractivity contribution in [1.29, 1.82) is 0 Å². The Kier molecular flexibility index (Phi) is 9.49. The molecule has 216 valence electrons. The quantitative estimate of drug-likeness (QED) is 0.165. The molecule has 0 aliphatic rings. The number of hydrogen-bond acceptors (Lipinski definition) is 0. The Labute approximate surface area is 254 Å². The second-order valence-corrected chi connectivity index (χ2v) is 23.0. The fourth-order valence-electron chi connectivity index (χ4n) is 7.57. The Hall–Kier alpha value is -2.13. The van der Waals surface area contributed by atoms with Crippen LogP contribution in [0.15, 0.2) is 72.8 Å². The van der Waals surface area contributed by atoms with Crippen molar-refractivity contribution in [2.45, 2.75) is 87.0 Å². The van der Waals surface area contributed by atoms with Crippen LogP contribution < -0.4 is 21.2 Å². The van der Waals surface area contributed by atoms with E-state index in [1.807, 2.05) is 0 Å². The molecule has 4 aromatic rings. The summed E-state index contributed by atoms with van der Waals surface area (Å²) in [7, 11) is 1.11. The van der Waals surface area contributed by atoms with Gasteiger partial charge >= 0.3 is 255 Å². The standard InChI is InChI=1S/C37H52B2P2/c1-24-11-25(2)16-34(15-24)40(38,35-17-26(3)12-27(4)18-35)32(9)23-33(10)41(39,36-19-28(5)13-29(6)20-36)37-21-30(7)14-31(8)22-37/h11-22,32-33,40-41H,23,38-39H2,1-10H3/t32-,33-/m0/s1. The molecule has 41 heavy (non-hydrogen) atoms. The van der Waals surface area contributed by atoms with E-state index in [1.165, 1.54) is 50.9 Å². The summed E-state index contributed by atoms with van der Waals surface area (Å²) in [5.74, 6) is 0. The molecule has 0 nitrogen and oxygen atoms in total. The Morgan fingerprint density at radius 1 is 0.390 bits per heavy atom. The maximum atomic E-state index is 2.65. The fourth-order valence-corrected chi connectivity index (χ4v) is 16.6. The molecule has 0 aromatic heterocycles. The Balaban J connectivity index is 1.89. The van der Waals surface area contributed by atoms with Crippen LogP contribution in [0.3, 0.4) is 0 Å². The molecule has 2 atom stereocenters. The Bertz CT molecular complexity index is 1270. The van der Waals surface area contributed by atoms with Crippen molar-refractivity contribution in [3.05, 3.63) is 117 Å². The average Bonchev–Trinajstić information content (AvgIpc) is 2.85. The van der Waals surface area contributed by atoms with Crippen LogP contribution in [0.5, 0.6) is 0 Å². The van der Waals surface area contributed by atoms with Gasteiger partial charge in [0.25, 0.3) is 0 Å². The molecule has 0 bridgehead atoms. The van der Waals surface area contributed by atoms with Crippen molar-refractivity contribution >= 4 is 50.6 Å². The minimum absolute atomic E-state index is 0.587. The van der Waals surface area contributed by atoms with E-state index in [4.69, 9.17) is 0 Å². The molecule has 0 spiro atoms. The second kappa shape index (κ2) is 12.2. The molecule has 0 aliphatic carbocycles. The molecule has 0 heterocycles. The summed E-state index contributed by atoms with van der Waals surface area (Å²) < 4.78 is 0. The van der Waals surface area contributed by atoms with Gasteiger partial charge in [-0.05, 0) is 0 Å². The van der Waals surface area contributed by atoms with Crippen LogP contribution in [0.1, 0.15) is 64.8 Å². The first-order valence-corrected chi connectivity index (χ1v) is 20.6. The third-order valence-corrected chi connectivity index (χ3v) is 20.3. The topological polar surface area (TPSA) is 0 Å². The van der Waals surface area contributed by atoms with E-state index < -0.39 is 14.3 Å². The zero-order chi connectivity index (χ0) is 30.3. The van der Waals surface area contributed by atoms with E-state index in [-0.39, 0.29) is 0 Å². The summed E-state index contributed by atoms with van der Waals surface area (Å²) in [5.41, 5.74) is 12.2. The van der Waals surface area contributed by atoms with Crippen LogP contribution in [0.25, 0.3) is 0 Å². The predicted octanol–water partition coefficient (Wildman–Crippen LogP) is 6.52. The molecule has 4 rings (SSSR count). The Morgan fingerprint density at radius 2 is 0.561 bits per heavy atom. The summed E-state index contributed by atoms with van der Waals surface area (Å²) >= 11 is 0. The van der Waals surface area contributed by atoms with Crippen molar-refractivity contribution in [1.82, 2.24) is 0 Å². The molecule has 0 unspecified atom stereocenters. The van der Waals surface area contributed by atoms with Gasteiger partial charge in [0, 0.05) is 0 Å². The minimum atomic E-state index is -2.10. The van der Waals surface area contributed by atoms with E-state index >= 15 is 0 Å². The van der Waals surface area contributed by atoms with Crippen molar-refractivity contribution in [2.75, 3.05) is 0 Å². The van der Waals surface area contributed by atoms with E-state index in [2.05, 4.69) is 157 Å². The third kappa shape index (κ3) is 6.61. The van der Waals surface area contributed by atoms with E-state index in [9.17, 15) is 0 Å². The zero-order valence-corrected chi connectivity index (χ0v) is 29.8. The number of aryl methyl sites for hydroxylation is 8. The van der Waals surface area contributed by atoms with Crippen LogP contribution in [0.2, 0.25) is 0 Å². The molecule has 0 saturated carbocycles. The van der Waals surface area contributed by atoms with Crippen LogP contribution in [-0.2, 0) is 0 Å². The van der Waals surface area contributed by atoms with Crippen LogP contribution in [0, 0.1) is 55.4 Å². The molecule has 0 saturated heterocycles. The van der Waals surface area contributed by atoms with Gasteiger partial charge < -0.3 is 0 Å². The predicted molar refractivity (Wildman–Crippen MR) is 199 cm³/mol. The molecule has 0 amide bonds. The van der Waals surface area contributed by atoms with Crippen molar-refractivity contribution in [3.63, 3.8) is 0 Å². The summed E-state index contributed by atoms with van der Waals surface area (Å²) in [6.45, 7) is 23.3. The van der Waals surface area contributed by atoms with Crippen molar-refractivity contribution < 1.29 is 0 Å². The molecule has 4 heteroatoms. The first-order chi connectivity index (χ1) is 19.1. The maximum absolute atomic E-state index is 2.65. The van der Waals surface area contributed by atoms with Crippen molar-refractivity contribution in [3.8, 4) is 0 Å². The zero-order valence-electron chi connectivity index (χ0n) is 27.8. The van der Waals surface area contributed by atoms with Gasteiger partial charge in [0.15, 0.2) is 0 Å². The first kappa shape index (κ1) is 31.8.